The minimum absolute atomic E-state index is 0.0821. The zero-order chi connectivity index (χ0) is 39.5. The van der Waals surface area contributed by atoms with Gasteiger partial charge < -0.3 is 20.1 Å². The average Bonchev–Trinajstić information content (AvgIpc) is 3.16. The molecule has 3 N–H and O–H groups in total. The number of carbonyl (C=O) groups is 1. The van der Waals surface area contributed by atoms with Gasteiger partial charge in [0.15, 0.2) is 0 Å². The van der Waals surface area contributed by atoms with Gasteiger partial charge in [-0.3, -0.25) is 13.8 Å². The second-order valence-electron chi connectivity index (χ2n) is 13.1. The Morgan fingerprint density at radius 1 is 0.556 bits per heavy atom. The molecular weight excluding hydrogens is 697 g/mol. The summed E-state index contributed by atoms with van der Waals surface area (Å²) in [5, 5.41) is 0. The van der Waals surface area contributed by atoms with Crippen LogP contribution in [0, 0.1) is 0 Å². The molecule has 0 aliphatic heterocycles. The highest BCUT2D eigenvalue weighted by atomic mass is 31.2. The molecule has 0 aromatic carbocycles. The Bertz CT molecular complexity index is 1140. The summed E-state index contributed by atoms with van der Waals surface area (Å²) in [7, 11) is -4.30. The van der Waals surface area contributed by atoms with Gasteiger partial charge in [0.2, 0.25) is 0 Å². The van der Waals surface area contributed by atoms with Crippen LogP contribution in [0.2, 0.25) is 0 Å². The molecule has 0 saturated heterocycles. The molecule has 0 fully saturated rings. The molecule has 0 amide bonds. The molecular formula is C45H76NO7P. The maximum Gasteiger partial charge on any atom is 0.472 e. The van der Waals surface area contributed by atoms with Crippen LogP contribution in [0.1, 0.15) is 142 Å². The molecule has 0 rings (SSSR count). The average molecular weight is 774 g/mol. The summed E-state index contributed by atoms with van der Waals surface area (Å²) in [5.41, 5.74) is 5.36. The Morgan fingerprint density at radius 2 is 0.981 bits per heavy atom. The van der Waals surface area contributed by atoms with Crippen LogP contribution in [0.3, 0.4) is 0 Å². The van der Waals surface area contributed by atoms with Crippen molar-refractivity contribution in [3.8, 4) is 0 Å². The summed E-state index contributed by atoms with van der Waals surface area (Å²) in [6.07, 6.45) is 54.2. The lowest BCUT2D eigenvalue weighted by Gasteiger charge is -2.20. The van der Waals surface area contributed by atoms with E-state index in [0.29, 0.717) is 6.61 Å². The van der Waals surface area contributed by atoms with Gasteiger partial charge in [0.25, 0.3) is 0 Å². The number of rotatable bonds is 38. The molecule has 54 heavy (non-hydrogen) atoms. The SMILES string of the molecule is CC/C=C\C/C=C\C/C=C\C/C=C\CCCCCCCCC(=O)OC(COCCCCC/C=C\C/C=C\C/C=C\C/C=C\CC)COP(=O)(O)OCCN. The van der Waals surface area contributed by atoms with E-state index in [1.165, 1.54) is 12.8 Å². The maximum atomic E-state index is 12.6. The van der Waals surface area contributed by atoms with Crippen LogP contribution in [0.25, 0.3) is 0 Å². The molecule has 2 atom stereocenters. The van der Waals surface area contributed by atoms with E-state index in [1.54, 1.807) is 0 Å². The Labute approximate surface area is 330 Å². The number of phosphoric acid groups is 1. The van der Waals surface area contributed by atoms with E-state index in [-0.39, 0.29) is 38.8 Å². The number of hydrogen-bond donors (Lipinski definition) is 2. The van der Waals surface area contributed by atoms with Gasteiger partial charge in [0.1, 0.15) is 6.10 Å². The van der Waals surface area contributed by atoms with Crippen molar-refractivity contribution in [2.75, 3.05) is 33.0 Å². The van der Waals surface area contributed by atoms with Crippen molar-refractivity contribution in [1.29, 1.82) is 0 Å². The molecule has 0 saturated carbocycles. The molecule has 9 heteroatoms. The van der Waals surface area contributed by atoms with E-state index in [9.17, 15) is 14.3 Å². The van der Waals surface area contributed by atoms with Crippen molar-refractivity contribution in [2.24, 2.45) is 5.73 Å². The lowest BCUT2D eigenvalue weighted by molar-refractivity contribution is -0.154. The maximum absolute atomic E-state index is 12.6. The molecule has 8 nitrogen and oxygen atoms in total. The summed E-state index contributed by atoms with van der Waals surface area (Å²) in [5.74, 6) is -0.361. The minimum atomic E-state index is -4.30. The zero-order valence-electron chi connectivity index (χ0n) is 33.9. The molecule has 0 aliphatic rings. The van der Waals surface area contributed by atoms with E-state index in [0.717, 1.165) is 109 Å². The number of phosphoric ester groups is 1. The van der Waals surface area contributed by atoms with Gasteiger partial charge in [-0.15, -0.1) is 0 Å². The lowest BCUT2D eigenvalue weighted by atomic mass is 10.1. The monoisotopic (exact) mass is 774 g/mol. The lowest BCUT2D eigenvalue weighted by Crippen LogP contribution is -2.28. The molecule has 0 aliphatic carbocycles. The summed E-state index contributed by atoms with van der Waals surface area (Å²) in [6, 6.07) is 0. The third-order valence-electron chi connectivity index (χ3n) is 8.00. The van der Waals surface area contributed by atoms with Crippen molar-refractivity contribution in [1.82, 2.24) is 0 Å². The number of esters is 1. The summed E-state index contributed by atoms with van der Waals surface area (Å²) in [4.78, 5) is 22.5. The standard InChI is InChI=1S/C45H76NO7P/c1-3-5-7-9-11-13-15-17-19-21-22-23-24-26-28-30-32-34-36-38-45(47)53-44(43-52-54(48,49)51-41-39-46)42-50-40-37-35-33-31-29-27-25-20-18-16-14-12-10-8-6-4-2/h5-8,11-14,17-20,22-23,27,29,44H,3-4,9-10,15-16,21,24-26,28,30-43,46H2,1-2H3,(H,48,49)/b7-5-,8-6-,13-11-,14-12-,19-17-,20-18-,23-22-,29-27-. The summed E-state index contributed by atoms with van der Waals surface area (Å²) < 4.78 is 33.3. The molecule has 2 unspecified atom stereocenters. The molecule has 0 aromatic heterocycles. The van der Waals surface area contributed by atoms with E-state index in [4.69, 9.17) is 24.3 Å². The third kappa shape index (κ3) is 40.6. The first-order valence-electron chi connectivity index (χ1n) is 20.7. The van der Waals surface area contributed by atoms with Crippen LogP contribution in [-0.2, 0) is 27.9 Å². The van der Waals surface area contributed by atoms with Crippen LogP contribution < -0.4 is 5.73 Å². The number of allylic oxidation sites excluding steroid dienone is 16. The van der Waals surface area contributed by atoms with Gasteiger partial charge >= 0.3 is 13.8 Å². The second kappa shape index (κ2) is 41.6. The topological polar surface area (TPSA) is 117 Å². The first-order chi connectivity index (χ1) is 26.4. The van der Waals surface area contributed by atoms with Crippen molar-refractivity contribution >= 4 is 13.8 Å². The van der Waals surface area contributed by atoms with Gasteiger partial charge in [0.05, 0.1) is 19.8 Å². The summed E-state index contributed by atoms with van der Waals surface area (Å²) >= 11 is 0. The van der Waals surface area contributed by atoms with Gasteiger partial charge in [0, 0.05) is 19.6 Å². The largest absolute Gasteiger partial charge is 0.472 e. The van der Waals surface area contributed by atoms with Gasteiger partial charge in [-0.25, -0.2) is 4.57 Å². The van der Waals surface area contributed by atoms with Crippen LogP contribution in [0.4, 0.5) is 0 Å². The predicted molar refractivity (Wildman–Crippen MR) is 228 cm³/mol. The number of nitrogens with two attached hydrogens (primary N) is 1. The molecule has 308 valence electrons. The fourth-order valence-electron chi connectivity index (χ4n) is 5.04. The van der Waals surface area contributed by atoms with Crippen LogP contribution in [-0.4, -0.2) is 49.9 Å². The van der Waals surface area contributed by atoms with Gasteiger partial charge in [-0.05, 0) is 89.9 Å². The van der Waals surface area contributed by atoms with Crippen molar-refractivity contribution in [2.45, 2.75) is 148 Å². The quantitative estimate of drug-likeness (QED) is 0.0276. The number of hydrogen-bond acceptors (Lipinski definition) is 7. The van der Waals surface area contributed by atoms with Crippen molar-refractivity contribution < 1.29 is 32.8 Å². The van der Waals surface area contributed by atoms with Gasteiger partial charge in [-0.2, -0.15) is 0 Å². The minimum Gasteiger partial charge on any atom is -0.457 e. The van der Waals surface area contributed by atoms with Crippen LogP contribution in [0.5, 0.6) is 0 Å². The highest BCUT2D eigenvalue weighted by molar-refractivity contribution is 7.47. The van der Waals surface area contributed by atoms with Crippen LogP contribution >= 0.6 is 7.82 Å². The van der Waals surface area contributed by atoms with Gasteiger partial charge in [-0.1, -0.05) is 143 Å². The number of carbonyl (C=O) groups excluding carboxylic acids is 1. The second-order valence-corrected chi connectivity index (χ2v) is 14.5. The zero-order valence-corrected chi connectivity index (χ0v) is 34.8. The highest BCUT2D eigenvalue weighted by Gasteiger charge is 2.25. The first kappa shape index (κ1) is 51.4. The van der Waals surface area contributed by atoms with E-state index in [1.807, 2.05) is 0 Å². The van der Waals surface area contributed by atoms with Crippen molar-refractivity contribution in [3.05, 3.63) is 97.2 Å². The van der Waals surface area contributed by atoms with E-state index in [2.05, 4.69) is 111 Å². The van der Waals surface area contributed by atoms with Crippen molar-refractivity contribution in [3.63, 3.8) is 0 Å². The predicted octanol–water partition coefficient (Wildman–Crippen LogP) is 12.3. The first-order valence-corrected chi connectivity index (χ1v) is 22.2. The van der Waals surface area contributed by atoms with E-state index < -0.39 is 13.9 Å². The Kier molecular flexibility index (Phi) is 39.6. The number of unbranched alkanes of at least 4 members (excludes halogenated alkanes) is 9. The normalized spacial score (nSPS) is 14.5. The summed E-state index contributed by atoms with van der Waals surface area (Å²) in [6.45, 7) is 4.56. The molecule has 0 aromatic rings. The fraction of sp³-hybridized carbons (Fsp3) is 0.622. The molecule has 0 bridgehead atoms. The van der Waals surface area contributed by atoms with E-state index >= 15 is 0 Å². The number of ether oxygens (including phenoxy) is 2. The Balaban J connectivity index is 4.17. The smallest absolute Gasteiger partial charge is 0.457 e. The fourth-order valence-corrected chi connectivity index (χ4v) is 5.80. The highest BCUT2D eigenvalue weighted by Crippen LogP contribution is 2.43. The molecule has 0 radical (unpaired) electrons. The molecule has 0 spiro atoms. The Hall–Kier alpha value is -2.58. The Morgan fingerprint density at radius 3 is 1.46 bits per heavy atom. The van der Waals surface area contributed by atoms with Crippen LogP contribution in [0.15, 0.2) is 97.2 Å². The third-order valence-corrected chi connectivity index (χ3v) is 8.98. The molecule has 0 heterocycles.